The van der Waals surface area contributed by atoms with Gasteiger partial charge >= 0.3 is 5.97 Å². The summed E-state index contributed by atoms with van der Waals surface area (Å²) in [5.41, 5.74) is 4.28. The molecule has 0 heterocycles. The summed E-state index contributed by atoms with van der Waals surface area (Å²) in [6.07, 6.45) is 0.516. The topological polar surface area (TPSA) is 44.8 Å². The predicted octanol–water partition coefficient (Wildman–Crippen LogP) is 5.29. The van der Waals surface area contributed by atoms with E-state index < -0.39 is 6.10 Å². The molecular formula is C28H28O4. The van der Waals surface area contributed by atoms with Gasteiger partial charge in [0.15, 0.2) is 6.10 Å². The number of hydrogen-bond donors (Lipinski definition) is 0. The highest BCUT2D eigenvalue weighted by Gasteiger charge is 2.19. The second-order valence-electron chi connectivity index (χ2n) is 7.17. The van der Waals surface area contributed by atoms with Gasteiger partial charge in [-0.15, -0.1) is 0 Å². The summed E-state index contributed by atoms with van der Waals surface area (Å²) in [5, 5.41) is 0. The van der Waals surface area contributed by atoms with Crippen LogP contribution in [-0.2, 0) is 20.7 Å². The van der Waals surface area contributed by atoms with E-state index in [2.05, 4.69) is 36.1 Å². The molecule has 3 aromatic carbocycles. The fourth-order valence-corrected chi connectivity index (χ4v) is 3.20. The van der Waals surface area contributed by atoms with Crippen LogP contribution >= 0.6 is 0 Å². The molecule has 0 bridgehead atoms. The van der Waals surface area contributed by atoms with Crippen molar-refractivity contribution in [2.24, 2.45) is 0 Å². The van der Waals surface area contributed by atoms with Gasteiger partial charge in [0.1, 0.15) is 5.75 Å². The van der Waals surface area contributed by atoms with E-state index in [0.717, 1.165) is 16.9 Å². The molecule has 0 aromatic heterocycles. The van der Waals surface area contributed by atoms with Crippen LogP contribution in [0.25, 0.3) is 11.1 Å². The Morgan fingerprint density at radius 1 is 0.906 bits per heavy atom. The fourth-order valence-electron chi connectivity index (χ4n) is 3.20. The minimum absolute atomic E-state index is 0.339. The normalized spacial score (nSPS) is 11.2. The molecule has 32 heavy (non-hydrogen) atoms. The first-order valence-corrected chi connectivity index (χ1v) is 10.7. The minimum atomic E-state index is -0.592. The van der Waals surface area contributed by atoms with Crippen molar-refractivity contribution in [3.8, 4) is 28.7 Å². The Morgan fingerprint density at radius 2 is 1.59 bits per heavy atom. The SMILES string of the molecule is CCOC(=O)C(Cc1ccc(C#CCCOc2ccc(-c3ccccc3)cc2)cc1)OC. The molecule has 0 amide bonds. The second kappa shape index (κ2) is 12.3. The van der Waals surface area contributed by atoms with Crippen LogP contribution in [0.2, 0.25) is 0 Å². The van der Waals surface area contributed by atoms with Gasteiger partial charge in [-0.1, -0.05) is 66.4 Å². The van der Waals surface area contributed by atoms with Crippen molar-refractivity contribution in [2.75, 3.05) is 20.3 Å². The molecule has 3 rings (SSSR count). The smallest absolute Gasteiger partial charge is 0.335 e. The van der Waals surface area contributed by atoms with Crippen molar-refractivity contribution < 1.29 is 19.0 Å². The maximum absolute atomic E-state index is 11.9. The lowest BCUT2D eigenvalue weighted by Gasteiger charge is -2.13. The first-order chi connectivity index (χ1) is 15.7. The first-order valence-electron chi connectivity index (χ1n) is 10.7. The molecule has 0 saturated carbocycles. The molecule has 0 aliphatic heterocycles. The summed E-state index contributed by atoms with van der Waals surface area (Å²) in [5.74, 6) is 6.79. The third kappa shape index (κ3) is 7.01. The van der Waals surface area contributed by atoms with Crippen LogP contribution < -0.4 is 4.74 Å². The lowest BCUT2D eigenvalue weighted by molar-refractivity contribution is -0.154. The summed E-state index contributed by atoms with van der Waals surface area (Å²) < 4.78 is 16.1. The highest BCUT2D eigenvalue weighted by atomic mass is 16.6. The van der Waals surface area contributed by atoms with Gasteiger partial charge in [0.2, 0.25) is 0 Å². The van der Waals surface area contributed by atoms with E-state index in [1.807, 2.05) is 54.6 Å². The van der Waals surface area contributed by atoms with Crippen LogP contribution in [0.5, 0.6) is 5.75 Å². The summed E-state index contributed by atoms with van der Waals surface area (Å²) in [6.45, 7) is 2.66. The van der Waals surface area contributed by atoms with Gasteiger partial charge < -0.3 is 14.2 Å². The van der Waals surface area contributed by atoms with Gasteiger partial charge in [0.25, 0.3) is 0 Å². The molecular weight excluding hydrogens is 400 g/mol. The zero-order valence-electron chi connectivity index (χ0n) is 18.5. The number of rotatable bonds is 9. The average Bonchev–Trinajstić information content (AvgIpc) is 2.84. The minimum Gasteiger partial charge on any atom is -0.493 e. The molecule has 1 atom stereocenters. The standard InChI is InChI=1S/C28H28O4/c1-3-31-28(29)27(30-2)21-23-14-12-22(13-15-23)9-7-8-20-32-26-18-16-25(17-19-26)24-10-5-4-6-11-24/h4-6,10-19,27H,3,8,20-21H2,1-2H3. The number of esters is 1. The third-order valence-electron chi connectivity index (χ3n) is 4.90. The summed E-state index contributed by atoms with van der Waals surface area (Å²) >= 11 is 0. The number of carbonyl (C=O) groups excluding carboxylic acids is 1. The van der Waals surface area contributed by atoms with Crippen molar-refractivity contribution in [1.29, 1.82) is 0 Å². The van der Waals surface area contributed by atoms with Crippen LogP contribution in [0.3, 0.4) is 0 Å². The van der Waals surface area contributed by atoms with Crippen molar-refractivity contribution >= 4 is 5.97 Å². The molecule has 0 fully saturated rings. The molecule has 1 unspecified atom stereocenters. The van der Waals surface area contributed by atoms with E-state index in [4.69, 9.17) is 14.2 Å². The van der Waals surface area contributed by atoms with Gasteiger partial charge in [-0.3, -0.25) is 0 Å². The Balaban J connectivity index is 1.45. The Kier molecular flexibility index (Phi) is 8.92. The quantitative estimate of drug-likeness (QED) is 0.264. The van der Waals surface area contributed by atoms with Gasteiger partial charge in [0.05, 0.1) is 13.2 Å². The number of methoxy groups -OCH3 is 1. The average molecular weight is 429 g/mol. The number of hydrogen-bond acceptors (Lipinski definition) is 4. The largest absolute Gasteiger partial charge is 0.493 e. The molecule has 0 aliphatic rings. The van der Waals surface area contributed by atoms with Crippen LogP contribution in [-0.4, -0.2) is 32.4 Å². The van der Waals surface area contributed by atoms with Crippen molar-refractivity contribution in [1.82, 2.24) is 0 Å². The van der Waals surface area contributed by atoms with Crippen molar-refractivity contribution in [2.45, 2.75) is 25.9 Å². The third-order valence-corrected chi connectivity index (χ3v) is 4.90. The van der Waals surface area contributed by atoms with E-state index in [1.165, 1.54) is 18.2 Å². The van der Waals surface area contributed by atoms with Gasteiger partial charge in [-0.05, 0) is 47.9 Å². The first kappa shape index (κ1) is 23.1. The molecule has 0 aliphatic carbocycles. The monoisotopic (exact) mass is 428 g/mol. The van der Waals surface area contributed by atoms with Crippen molar-refractivity contribution in [3.63, 3.8) is 0 Å². The molecule has 0 spiro atoms. The molecule has 0 N–H and O–H groups in total. The summed E-state index contributed by atoms with van der Waals surface area (Å²) in [7, 11) is 1.52. The van der Waals surface area contributed by atoms with Crippen molar-refractivity contribution in [3.05, 3.63) is 90.0 Å². The van der Waals surface area contributed by atoms with Gasteiger partial charge in [-0.25, -0.2) is 4.79 Å². The van der Waals surface area contributed by atoms with Gasteiger partial charge in [-0.2, -0.15) is 0 Å². The lowest BCUT2D eigenvalue weighted by Crippen LogP contribution is -2.27. The van der Waals surface area contributed by atoms with Crippen LogP contribution in [0, 0.1) is 11.8 Å². The maximum atomic E-state index is 11.9. The van der Waals surface area contributed by atoms with E-state index >= 15 is 0 Å². The second-order valence-corrected chi connectivity index (χ2v) is 7.17. The molecule has 3 aromatic rings. The van der Waals surface area contributed by atoms with E-state index in [0.29, 0.717) is 26.1 Å². The van der Waals surface area contributed by atoms with E-state index in [9.17, 15) is 4.79 Å². The number of ether oxygens (including phenoxy) is 3. The molecule has 164 valence electrons. The van der Waals surface area contributed by atoms with Crippen LogP contribution in [0.15, 0.2) is 78.9 Å². The maximum Gasteiger partial charge on any atom is 0.335 e. The Hall–Kier alpha value is -3.55. The zero-order valence-corrected chi connectivity index (χ0v) is 18.5. The highest BCUT2D eigenvalue weighted by Crippen LogP contribution is 2.22. The van der Waals surface area contributed by atoms with Crippen LogP contribution in [0.4, 0.5) is 0 Å². The summed E-state index contributed by atoms with van der Waals surface area (Å²) in [6, 6.07) is 26.2. The Labute approximate surface area is 190 Å². The fraction of sp³-hybridized carbons (Fsp3) is 0.250. The zero-order chi connectivity index (χ0) is 22.6. The lowest BCUT2D eigenvalue weighted by atomic mass is 10.1. The highest BCUT2D eigenvalue weighted by molar-refractivity contribution is 5.75. The number of carbonyl (C=O) groups is 1. The predicted molar refractivity (Wildman–Crippen MR) is 126 cm³/mol. The van der Waals surface area contributed by atoms with Crippen LogP contribution in [0.1, 0.15) is 24.5 Å². The molecule has 4 nitrogen and oxygen atoms in total. The van der Waals surface area contributed by atoms with Gasteiger partial charge in [0, 0.05) is 25.5 Å². The molecule has 0 radical (unpaired) electrons. The van der Waals surface area contributed by atoms with E-state index in [1.54, 1.807) is 6.92 Å². The number of benzene rings is 3. The Bertz CT molecular complexity index is 1030. The molecule has 4 heteroatoms. The summed E-state index contributed by atoms with van der Waals surface area (Å²) in [4.78, 5) is 11.9. The Morgan fingerprint density at radius 3 is 2.25 bits per heavy atom. The molecule has 0 saturated heterocycles. The van der Waals surface area contributed by atoms with E-state index in [-0.39, 0.29) is 5.97 Å².